The fraction of sp³-hybridized carbons (Fsp3) is 0.333. The number of hydrogen-bond donors (Lipinski definition) is 2. The van der Waals surface area contributed by atoms with E-state index in [9.17, 15) is 14.0 Å². The molecule has 0 bridgehead atoms. The fourth-order valence-corrected chi connectivity index (χ4v) is 1.94. The Morgan fingerprint density at radius 2 is 2.00 bits per heavy atom. The monoisotopic (exact) mass is 307 g/mol. The highest BCUT2D eigenvalue weighted by molar-refractivity contribution is 6.36. The van der Waals surface area contributed by atoms with E-state index in [1.165, 1.54) is 0 Å². The lowest BCUT2D eigenvalue weighted by Gasteiger charge is -2.15. The summed E-state index contributed by atoms with van der Waals surface area (Å²) in [5, 5.41) is 11.0. The number of nitrogens with one attached hydrogen (secondary N) is 1. The second-order valence-electron chi connectivity index (χ2n) is 3.92. The number of amides is 1. The number of aliphatic carboxylic acids is 1. The maximum absolute atomic E-state index is 13.3. The molecule has 0 spiro atoms. The van der Waals surface area contributed by atoms with Crippen molar-refractivity contribution in [1.82, 2.24) is 5.32 Å². The number of carbonyl (C=O) groups excluding carboxylic acids is 1. The molecule has 0 aliphatic heterocycles. The number of carbonyl (C=O) groups is 2. The van der Waals surface area contributed by atoms with E-state index in [0.717, 1.165) is 12.1 Å². The van der Waals surface area contributed by atoms with Gasteiger partial charge in [-0.2, -0.15) is 0 Å². The predicted octanol–water partition coefficient (Wildman–Crippen LogP) is 3.12. The first kappa shape index (κ1) is 15.7. The molecule has 0 radical (unpaired) electrons. The average molecular weight is 308 g/mol. The lowest BCUT2D eigenvalue weighted by molar-refractivity contribution is -0.137. The highest BCUT2D eigenvalue weighted by Crippen LogP contribution is 2.24. The van der Waals surface area contributed by atoms with Crippen molar-refractivity contribution in [3.8, 4) is 0 Å². The Balaban J connectivity index is 2.88. The Hall–Kier alpha value is -1.33. The summed E-state index contributed by atoms with van der Waals surface area (Å²) in [6, 6.07) is 1.51. The van der Waals surface area contributed by atoms with Crippen LogP contribution in [-0.4, -0.2) is 23.0 Å². The van der Waals surface area contributed by atoms with Gasteiger partial charge in [0.25, 0.3) is 5.91 Å². The largest absolute Gasteiger partial charge is 0.481 e. The summed E-state index contributed by atoms with van der Waals surface area (Å²) in [6.07, 6.45) is 0.224. The van der Waals surface area contributed by atoms with Crippen LogP contribution in [0.5, 0.6) is 0 Å². The third-order valence-corrected chi connectivity index (χ3v) is 3.11. The Morgan fingerprint density at radius 1 is 1.37 bits per heavy atom. The first-order chi connectivity index (χ1) is 8.85. The lowest BCUT2D eigenvalue weighted by atomic mass is 10.1. The third-order valence-electron chi connectivity index (χ3n) is 2.50. The van der Waals surface area contributed by atoms with Crippen LogP contribution in [0.15, 0.2) is 12.1 Å². The quantitative estimate of drug-likeness (QED) is 0.821. The normalized spacial score (nSPS) is 12.0. The Bertz CT molecular complexity index is 508. The zero-order valence-electron chi connectivity index (χ0n) is 10.0. The molecule has 19 heavy (non-hydrogen) atoms. The van der Waals surface area contributed by atoms with Gasteiger partial charge in [0.05, 0.1) is 22.0 Å². The van der Waals surface area contributed by atoms with E-state index in [0.29, 0.717) is 6.42 Å². The van der Waals surface area contributed by atoms with Crippen LogP contribution in [0.4, 0.5) is 4.39 Å². The summed E-state index contributed by atoms with van der Waals surface area (Å²) < 4.78 is 13.3. The van der Waals surface area contributed by atoms with Crippen LogP contribution in [0.25, 0.3) is 0 Å². The molecular formula is C12H12Cl2FNO3. The van der Waals surface area contributed by atoms with E-state index in [1.807, 2.05) is 0 Å². The average Bonchev–Trinajstić information content (AvgIpc) is 2.32. The minimum atomic E-state index is -1.03. The fourth-order valence-electron chi connectivity index (χ4n) is 1.47. The SMILES string of the molecule is CCC(CC(=O)O)NC(=O)c1cc(F)c(Cl)cc1Cl. The van der Waals surface area contributed by atoms with Crippen molar-refractivity contribution in [3.63, 3.8) is 0 Å². The molecular weight excluding hydrogens is 296 g/mol. The van der Waals surface area contributed by atoms with E-state index in [1.54, 1.807) is 6.92 Å². The van der Waals surface area contributed by atoms with Crippen LogP contribution in [0.3, 0.4) is 0 Å². The van der Waals surface area contributed by atoms with E-state index in [-0.39, 0.29) is 22.0 Å². The number of halogens is 3. The van der Waals surface area contributed by atoms with Gasteiger partial charge in [0.15, 0.2) is 0 Å². The van der Waals surface area contributed by atoms with E-state index < -0.39 is 23.7 Å². The van der Waals surface area contributed by atoms with Crippen molar-refractivity contribution in [2.24, 2.45) is 0 Å². The number of carboxylic acid groups (broad SMARTS) is 1. The zero-order valence-corrected chi connectivity index (χ0v) is 11.6. The molecule has 2 N–H and O–H groups in total. The number of carboxylic acids is 1. The number of hydrogen-bond acceptors (Lipinski definition) is 2. The minimum absolute atomic E-state index is 0.00841. The van der Waals surface area contributed by atoms with E-state index in [2.05, 4.69) is 5.32 Å². The molecule has 0 aromatic heterocycles. The smallest absolute Gasteiger partial charge is 0.305 e. The molecule has 1 amide bonds. The second-order valence-corrected chi connectivity index (χ2v) is 4.74. The molecule has 104 valence electrons. The summed E-state index contributed by atoms with van der Waals surface area (Å²) in [5.41, 5.74) is -0.0765. The van der Waals surface area contributed by atoms with Crippen molar-refractivity contribution in [2.45, 2.75) is 25.8 Å². The van der Waals surface area contributed by atoms with E-state index >= 15 is 0 Å². The zero-order chi connectivity index (χ0) is 14.6. The standard InChI is InChI=1S/C12H12Cl2FNO3/c1-2-6(3-11(17)18)16-12(19)7-4-10(15)9(14)5-8(7)13/h4-6H,2-3H2,1H3,(H,16,19)(H,17,18). The summed E-state index contributed by atoms with van der Waals surface area (Å²) in [7, 11) is 0. The molecule has 1 atom stereocenters. The number of rotatable bonds is 5. The van der Waals surface area contributed by atoms with E-state index in [4.69, 9.17) is 28.3 Å². The summed E-state index contributed by atoms with van der Waals surface area (Å²) >= 11 is 11.3. The molecule has 7 heteroatoms. The molecule has 0 aliphatic carbocycles. The molecule has 0 saturated carbocycles. The summed E-state index contributed by atoms with van der Waals surface area (Å²) in [4.78, 5) is 22.5. The van der Waals surface area contributed by atoms with Gasteiger partial charge in [-0.25, -0.2) is 4.39 Å². The van der Waals surface area contributed by atoms with Gasteiger partial charge in [-0.3, -0.25) is 9.59 Å². The van der Waals surface area contributed by atoms with Crippen molar-refractivity contribution in [2.75, 3.05) is 0 Å². The highest BCUT2D eigenvalue weighted by atomic mass is 35.5. The first-order valence-electron chi connectivity index (χ1n) is 5.52. The lowest BCUT2D eigenvalue weighted by Crippen LogP contribution is -2.36. The molecule has 0 saturated heterocycles. The Labute approximate surface area is 119 Å². The molecule has 0 fully saturated rings. The van der Waals surface area contributed by atoms with Crippen molar-refractivity contribution in [1.29, 1.82) is 0 Å². The van der Waals surface area contributed by atoms with Gasteiger partial charge in [0, 0.05) is 6.04 Å². The maximum Gasteiger partial charge on any atom is 0.305 e. The Morgan fingerprint density at radius 3 is 2.53 bits per heavy atom. The Kier molecular flexibility index (Phi) is 5.57. The van der Waals surface area contributed by atoms with Gasteiger partial charge < -0.3 is 10.4 Å². The van der Waals surface area contributed by atoms with Crippen LogP contribution < -0.4 is 5.32 Å². The van der Waals surface area contributed by atoms with Gasteiger partial charge in [0.1, 0.15) is 5.82 Å². The second kappa shape index (κ2) is 6.73. The van der Waals surface area contributed by atoms with Gasteiger partial charge in [-0.1, -0.05) is 30.1 Å². The van der Waals surface area contributed by atoms with Crippen molar-refractivity contribution >= 4 is 35.1 Å². The molecule has 1 rings (SSSR count). The van der Waals surface area contributed by atoms with Crippen LogP contribution in [0, 0.1) is 5.82 Å². The molecule has 1 aromatic carbocycles. The first-order valence-corrected chi connectivity index (χ1v) is 6.28. The molecule has 1 unspecified atom stereocenters. The van der Waals surface area contributed by atoms with Gasteiger partial charge in [-0.05, 0) is 18.6 Å². The number of benzene rings is 1. The molecule has 0 aliphatic rings. The summed E-state index contributed by atoms with van der Waals surface area (Å²) in [5.74, 6) is -2.42. The van der Waals surface area contributed by atoms with Crippen molar-refractivity contribution in [3.05, 3.63) is 33.6 Å². The van der Waals surface area contributed by atoms with Crippen LogP contribution >= 0.6 is 23.2 Å². The third kappa shape index (κ3) is 4.36. The molecule has 1 aromatic rings. The molecule has 4 nitrogen and oxygen atoms in total. The predicted molar refractivity (Wildman–Crippen MR) is 70.2 cm³/mol. The highest BCUT2D eigenvalue weighted by Gasteiger charge is 2.18. The topological polar surface area (TPSA) is 66.4 Å². The van der Waals surface area contributed by atoms with Crippen LogP contribution in [0.2, 0.25) is 10.0 Å². The van der Waals surface area contributed by atoms with Gasteiger partial charge in [-0.15, -0.1) is 0 Å². The molecule has 0 heterocycles. The van der Waals surface area contributed by atoms with Crippen molar-refractivity contribution < 1.29 is 19.1 Å². The van der Waals surface area contributed by atoms with Gasteiger partial charge >= 0.3 is 5.97 Å². The van der Waals surface area contributed by atoms with Gasteiger partial charge in [0.2, 0.25) is 0 Å². The maximum atomic E-state index is 13.3. The summed E-state index contributed by atoms with van der Waals surface area (Å²) in [6.45, 7) is 1.73. The minimum Gasteiger partial charge on any atom is -0.481 e. The van der Waals surface area contributed by atoms with Crippen LogP contribution in [-0.2, 0) is 4.79 Å². The van der Waals surface area contributed by atoms with Crippen LogP contribution in [0.1, 0.15) is 30.1 Å².